The Morgan fingerprint density at radius 2 is 1.48 bits per heavy atom. The van der Waals surface area contributed by atoms with Crippen molar-refractivity contribution >= 4 is 17.9 Å². The average molecular weight is 413 g/mol. The quantitative estimate of drug-likeness (QED) is 0.263. The first kappa shape index (κ1) is 19.8. The Bertz CT molecular complexity index is 1240. The molecule has 8 heteroatoms. The molecule has 152 valence electrons. The molecule has 7 nitrogen and oxygen atoms in total. The van der Waals surface area contributed by atoms with Gasteiger partial charge in [-0.1, -0.05) is 42.5 Å². The van der Waals surface area contributed by atoms with Gasteiger partial charge in [-0.3, -0.25) is 10.1 Å². The number of hydrogen-bond acceptors (Lipinski definition) is 6. The molecule has 1 N–H and O–H groups in total. The fraction of sp³-hybridized carbons (Fsp3) is 0. The first-order chi connectivity index (χ1) is 15.1. The third kappa shape index (κ3) is 4.76. The van der Waals surface area contributed by atoms with Crippen LogP contribution in [0, 0.1) is 15.9 Å². The number of nitrogens with zero attached hydrogens (tertiary/aromatic N) is 4. The van der Waals surface area contributed by atoms with Gasteiger partial charge in [0, 0.05) is 17.2 Å². The number of rotatable bonds is 6. The van der Waals surface area contributed by atoms with E-state index in [1.54, 1.807) is 36.4 Å². The molecular formula is C23H16FN5O2. The van der Waals surface area contributed by atoms with Crippen LogP contribution in [0.3, 0.4) is 0 Å². The maximum absolute atomic E-state index is 13.3. The highest BCUT2D eigenvalue weighted by atomic mass is 19.1. The Morgan fingerprint density at radius 3 is 2.16 bits per heavy atom. The van der Waals surface area contributed by atoms with E-state index >= 15 is 0 Å². The molecule has 3 aromatic carbocycles. The summed E-state index contributed by atoms with van der Waals surface area (Å²) in [6.45, 7) is 0. The topological polar surface area (TPSA) is 93.3 Å². The smallest absolute Gasteiger partial charge is 0.258 e. The Morgan fingerprint density at radius 1 is 0.871 bits per heavy atom. The Kier molecular flexibility index (Phi) is 5.70. The van der Waals surface area contributed by atoms with Crippen LogP contribution in [0.25, 0.3) is 22.5 Å². The predicted molar refractivity (Wildman–Crippen MR) is 117 cm³/mol. The molecule has 31 heavy (non-hydrogen) atoms. The SMILES string of the molecule is O=[N+]([O-])c1ccccc1C=NNc1nc(-c2ccccc2)cc(-c2ccc(F)cc2)n1. The highest BCUT2D eigenvalue weighted by Crippen LogP contribution is 2.25. The summed E-state index contributed by atoms with van der Waals surface area (Å²) in [6, 6.07) is 23.6. The minimum Gasteiger partial charge on any atom is -0.258 e. The number of nitro benzene ring substituents is 1. The number of hydrogen-bond donors (Lipinski definition) is 1. The van der Waals surface area contributed by atoms with E-state index in [9.17, 15) is 14.5 Å². The van der Waals surface area contributed by atoms with Crippen molar-refractivity contribution < 1.29 is 9.31 Å². The molecule has 1 aromatic heterocycles. The molecule has 0 saturated carbocycles. The van der Waals surface area contributed by atoms with E-state index in [0.29, 0.717) is 22.5 Å². The Hall–Kier alpha value is -4.46. The molecule has 0 unspecified atom stereocenters. The summed E-state index contributed by atoms with van der Waals surface area (Å²) in [5.41, 5.74) is 5.85. The molecule has 4 rings (SSSR count). The molecule has 0 aliphatic heterocycles. The third-order valence-electron chi connectivity index (χ3n) is 4.44. The predicted octanol–water partition coefficient (Wildman–Crippen LogP) is 5.30. The molecular weight excluding hydrogens is 397 g/mol. The van der Waals surface area contributed by atoms with E-state index in [1.165, 1.54) is 24.4 Å². The monoisotopic (exact) mass is 413 g/mol. The minimum absolute atomic E-state index is 0.0565. The van der Waals surface area contributed by atoms with Crippen LogP contribution in [-0.4, -0.2) is 21.1 Å². The maximum Gasteiger partial charge on any atom is 0.278 e. The second-order valence-electron chi connectivity index (χ2n) is 6.52. The zero-order chi connectivity index (χ0) is 21.6. The lowest BCUT2D eigenvalue weighted by atomic mass is 10.1. The molecule has 0 aliphatic carbocycles. The van der Waals surface area contributed by atoms with Gasteiger partial charge in [0.25, 0.3) is 5.69 Å². The van der Waals surface area contributed by atoms with Crippen molar-refractivity contribution in [2.24, 2.45) is 5.10 Å². The molecule has 0 fully saturated rings. The van der Waals surface area contributed by atoms with Gasteiger partial charge < -0.3 is 0 Å². The lowest BCUT2D eigenvalue weighted by Crippen LogP contribution is -2.01. The van der Waals surface area contributed by atoms with Crippen LogP contribution in [0.15, 0.2) is 90.0 Å². The fourth-order valence-electron chi connectivity index (χ4n) is 2.95. The first-order valence-electron chi connectivity index (χ1n) is 9.33. The number of hydrazone groups is 1. The van der Waals surface area contributed by atoms with Crippen LogP contribution in [0.5, 0.6) is 0 Å². The van der Waals surface area contributed by atoms with Gasteiger partial charge in [-0.15, -0.1) is 0 Å². The van der Waals surface area contributed by atoms with E-state index in [1.807, 2.05) is 30.3 Å². The van der Waals surface area contributed by atoms with Gasteiger partial charge in [0.05, 0.1) is 28.1 Å². The van der Waals surface area contributed by atoms with Gasteiger partial charge in [-0.2, -0.15) is 5.10 Å². The van der Waals surface area contributed by atoms with Gasteiger partial charge in [-0.05, 0) is 36.4 Å². The molecule has 0 atom stereocenters. The number of halogens is 1. The number of benzene rings is 3. The fourth-order valence-corrected chi connectivity index (χ4v) is 2.95. The van der Waals surface area contributed by atoms with E-state index in [-0.39, 0.29) is 17.5 Å². The van der Waals surface area contributed by atoms with Crippen LogP contribution in [0.2, 0.25) is 0 Å². The van der Waals surface area contributed by atoms with Crippen LogP contribution in [-0.2, 0) is 0 Å². The number of nitrogens with one attached hydrogen (secondary N) is 1. The van der Waals surface area contributed by atoms with E-state index in [0.717, 1.165) is 5.56 Å². The number of anilines is 1. The Labute approximate surface area is 177 Å². The van der Waals surface area contributed by atoms with Crippen molar-refractivity contribution in [3.05, 3.63) is 106 Å². The van der Waals surface area contributed by atoms with Crippen LogP contribution in [0.4, 0.5) is 16.0 Å². The minimum atomic E-state index is -0.472. The normalized spacial score (nSPS) is 10.9. The second kappa shape index (κ2) is 8.91. The van der Waals surface area contributed by atoms with Gasteiger partial charge in [-0.25, -0.2) is 19.8 Å². The zero-order valence-corrected chi connectivity index (χ0v) is 16.1. The molecule has 0 saturated heterocycles. The molecule has 0 amide bonds. The number of para-hydroxylation sites is 1. The summed E-state index contributed by atoms with van der Waals surface area (Å²) in [5, 5.41) is 15.2. The molecule has 1 heterocycles. The molecule has 0 aliphatic rings. The van der Waals surface area contributed by atoms with Crippen molar-refractivity contribution in [3.63, 3.8) is 0 Å². The van der Waals surface area contributed by atoms with Crippen LogP contribution >= 0.6 is 0 Å². The largest absolute Gasteiger partial charge is 0.278 e. The highest BCUT2D eigenvalue weighted by Gasteiger charge is 2.11. The number of nitro groups is 1. The van der Waals surface area contributed by atoms with Crippen molar-refractivity contribution in [2.45, 2.75) is 0 Å². The van der Waals surface area contributed by atoms with E-state index < -0.39 is 4.92 Å². The molecule has 0 bridgehead atoms. The van der Waals surface area contributed by atoms with E-state index in [2.05, 4.69) is 20.5 Å². The second-order valence-corrected chi connectivity index (χ2v) is 6.52. The summed E-state index contributed by atoms with van der Waals surface area (Å²) in [7, 11) is 0. The summed E-state index contributed by atoms with van der Waals surface area (Å²) in [6.07, 6.45) is 1.34. The summed E-state index contributed by atoms with van der Waals surface area (Å²) in [4.78, 5) is 19.6. The first-order valence-corrected chi connectivity index (χ1v) is 9.33. The standard InChI is InChI=1S/C23H16FN5O2/c24-19-12-10-17(11-13-19)21-14-20(16-6-2-1-3-7-16)26-23(27-21)28-25-15-18-8-4-5-9-22(18)29(30)31/h1-15H,(H,26,27,28). The molecule has 0 radical (unpaired) electrons. The van der Waals surface area contributed by atoms with Crippen molar-refractivity contribution in [1.82, 2.24) is 9.97 Å². The lowest BCUT2D eigenvalue weighted by molar-refractivity contribution is -0.385. The van der Waals surface area contributed by atoms with Gasteiger partial charge in [0.15, 0.2) is 0 Å². The average Bonchev–Trinajstić information content (AvgIpc) is 2.80. The third-order valence-corrected chi connectivity index (χ3v) is 4.44. The van der Waals surface area contributed by atoms with Gasteiger partial charge >= 0.3 is 0 Å². The van der Waals surface area contributed by atoms with Crippen molar-refractivity contribution in [3.8, 4) is 22.5 Å². The van der Waals surface area contributed by atoms with Crippen LogP contribution < -0.4 is 5.43 Å². The van der Waals surface area contributed by atoms with Crippen molar-refractivity contribution in [1.29, 1.82) is 0 Å². The van der Waals surface area contributed by atoms with Gasteiger partial charge in [0.1, 0.15) is 5.82 Å². The summed E-state index contributed by atoms with van der Waals surface area (Å²) >= 11 is 0. The highest BCUT2D eigenvalue weighted by molar-refractivity contribution is 5.85. The lowest BCUT2D eigenvalue weighted by Gasteiger charge is -2.08. The van der Waals surface area contributed by atoms with Gasteiger partial charge in [0.2, 0.25) is 5.95 Å². The molecule has 4 aromatic rings. The maximum atomic E-state index is 13.3. The van der Waals surface area contributed by atoms with Crippen LogP contribution in [0.1, 0.15) is 5.56 Å². The summed E-state index contributed by atoms with van der Waals surface area (Å²) < 4.78 is 13.3. The van der Waals surface area contributed by atoms with E-state index in [4.69, 9.17) is 0 Å². The molecule has 0 spiro atoms. The number of aromatic nitrogens is 2. The zero-order valence-electron chi connectivity index (χ0n) is 16.1. The summed E-state index contributed by atoms with van der Waals surface area (Å²) in [5.74, 6) is -0.135. The Balaban J connectivity index is 1.69. The van der Waals surface area contributed by atoms with Crippen molar-refractivity contribution in [2.75, 3.05) is 5.43 Å².